The Labute approximate surface area is 217 Å². The van der Waals surface area contributed by atoms with Gasteiger partial charge in [-0.15, -0.1) is 0 Å². The molecule has 2 saturated carbocycles. The highest BCUT2D eigenvalue weighted by Gasteiger charge is 2.31. The van der Waals surface area contributed by atoms with Gasteiger partial charge in [-0.1, -0.05) is 38.5 Å². The summed E-state index contributed by atoms with van der Waals surface area (Å²) >= 11 is 0. The van der Waals surface area contributed by atoms with Crippen molar-refractivity contribution in [1.29, 1.82) is 0 Å². The van der Waals surface area contributed by atoms with E-state index in [0.29, 0.717) is 24.4 Å². The minimum absolute atomic E-state index is 0.0489. The first-order chi connectivity index (χ1) is 15.9. The number of hydrogen-bond donors (Lipinski definition) is 1. The first kappa shape index (κ1) is 32.8. The van der Waals surface area contributed by atoms with Crippen molar-refractivity contribution in [2.24, 2.45) is 0 Å². The molecule has 0 spiro atoms. The molecule has 0 unspecified atom stereocenters. The predicted molar refractivity (Wildman–Crippen MR) is 147 cm³/mol. The van der Waals surface area contributed by atoms with Crippen LogP contribution in [0.25, 0.3) is 0 Å². The van der Waals surface area contributed by atoms with Crippen molar-refractivity contribution < 1.29 is 21.4 Å². The number of rotatable bonds is 9. The fourth-order valence-corrected chi connectivity index (χ4v) is 6.71. The molecule has 0 bridgehead atoms. The van der Waals surface area contributed by atoms with Crippen molar-refractivity contribution in [3.63, 3.8) is 0 Å². The molecule has 1 N–H and O–H groups in total. The van der Waals surface area contributed by atoms with Gasteiger partial charge in [0.2, 0.25) is 0 Å². The van der Waals surface area contributed by atoms with E-state index in [1.807, 2.05) is 0 Å². The molecule has 0 aromatic rings. The summed E-state index contributed by atoms with van der Waals surface area (Å²) in [7, 11) is -6.68. The van der Waals surface area contributed by atoms with Gasteiger partial charge in [0.1, 0.15) is 9.84 Å². The SMILES string of the molecule is CC(C)(C)N(CCCS(C)(=O)=O)C1CCCCC1.CC(C)(C)N(CCS(=O)(=O)O)C1CCCCC1. The Morgan fingerprint density at radius 3 is 1.34 bits per heavy atom. The van der Waals surface area contributed by atoms with Gasteiger partial charge in [-0.05, 0) is 80.2 Å². The zero-order valence-corrected chi connectivity index (χ0v) is 25.2. The molecular weight excluding hydrogens is 484 g/mol. The number of hydrogen-bond acceptors (Lipinski definition) is 6. The summed E-state index contributed by atoms with van der Waals surface area (Å²) in [6, 6.07) is 1.11. The molecule has 2 fully saturated rings. The van der Waals surface area contributed by atoms with Gasteiger partial charge in [-0.2, -0.15) is 8.42 Å². The summed E-state index contributed by atoms with van der Waals surface area (Å²) in [5, 5.41) is 0. The van der Waals surface area contributed by atoms with Crippen LogP contribution >= 0.6 is 0 Å². The van der Waals surface area contributed by atoms with E-state index in [9.17, 15) is 16.8 Å². The smallest absolute Gasteiger partial charge is 0.266 e. The average molecular weight is 539 g/mol. The van der Waals surface area contributed by atoms with Crippen LogP contribution in [0.1, 0.15) is 112 Å². The Kier molecular flexibility index (Phi) is 13.2. The van der Waals surface area contributed by atoms with Crippen LogP contribution in [-0.4, -0.2) is 85.2 Å². The summed E-state index contributed by atoms with van der Waals surface area (Å²) in [5.41, 5.74) is 0.0895. The van der Waals surface area contributed by atoms with Crippen LogP contribution in [0, 0.1) is 0 Å². The van der Waals surface area contributed by atoms with Crippen LogP contribution in [-0.2, 0) is 20.0 Å². The van der Waals surface area contributed by atoms with Crippen LogP contribution in [0.2, 0.25) is 0 Å². The Hall–Kier alpha value is -0.220. The Bertz CT molecular complexity index is 802. The first-order valence-electron chi connectivity index (χ1n) is 13.6. The van der Waals surface area contributed by atoms with Crippen LogP contribution in [0.15, 0.2) is 0 Å². The third-order valence-corrected chi connectivity index (χ3v) is 8.99. The van der Waals surface area contributed by atoms with E-state index >= 15 is 0 Å². The minimum Gasteiger partial charge on any atom is -0.296 e. The van der Waals surface area contributed by atoms with E-state index in [1.165, 1.54) is 57.6 Å². The second-order valence-electron chi connectivity index (χ2n) is 12.6. The van der Waals surface area contributed by atoms with Gasteiger partial charge < -0.3 is 0 Å². The van der Waals surface area contributed by atoms with Crippen molar-refractivity contribution in [3.8, 4) is 0 Å². The van der Waals surface area contributed by atoms with E-state index in [0.717, 1.165) is 25.8 Å². The Morgan fingerprint density at radius 2 is 1.03 bits per heavy atom. The molecule has 0 amide bonds. The zero-order valence-electron chi connectivity index (χ0n) is 23.6. The van der Waals surface area contributed by atoms with E-state index < -0.39 is 20.0 Å². The molecule has 0 heterocycles. The van der Waals surface area contributed by atoms with Crippen LogP contribution in [0.4, 0.5) is 0 Å². The molecule has 2 rings (SSSR count). The molecule has 0 aromatic heterocycles. The van der Waals surface area contributed by atoms with Crippen LogP contribution in [0.5, 0.6) is 0 Å². The molecule has 35 heavy (non-hydrogen) atoms. The summed E-state index contributed by atoms with van der Waals surface area (Å²) < 4.78 is 53.1. The zero-order chi connectivity index (χ0) is 26.9. The topological polar surface area (TPSA) is 95.0 Å². The molecule has 2 aliphatic carbocycles. The maximum atomic E-state index is 11.2. The van der Waals surface area contributed by atoms with Gasteiger partial charge in [0.25, 0.3) is 10.1 Å². The van der Waals surface area contributed by atoms with Crippen LogP contribution < -0.4 is 0 Å². The third kappa shape index (κ3) is 14.3. The molecule has 2 aliphatic rings. The maximum Gasteiger partial charge on any atom is 0.266 e. The van der Waals surface area contributed by atoms with Crippen molar-refractivity contribution in [3.05, 3.63) is 0 Å². The normalized spacial score (nSPS) is 19.6. The van der Waals surface area contributed by atoms with Crippen molar-refractivity contribution in [2.75, 3.05) is 30.9 Å². The van der Waals surface area contributed by atoms with E-state index in [4.69, 9.17) is 4.55 Å². The molecule has 9 heteroatoms. The van der Waals surface area contributed by atoms with Gasteiger partial charge >= 0.3 is 0 Å². The quantitative estimate of drug-likeness (QED) is 0.405. The second-order valence-corrected chi connectivity index (χ2v) is 16.4. The van der Waals surface area contributed by atoms with E-state index in [2.05, 4.69) is 51.3 Å². The van der Waals surface area contributed by atoms with Gasteiger partial charge in [0.15, 0.2) is 0 Å². The fourth-order valence-electron chi connectivity index (χ4n) is 5.63. The third-order valence-electron chi connectivity index (χ3n) is 7.26. The predicted octanol–water partition coefficient (Wildman–Crippen LogP) is 5.16. The molecule has 0 aliphatic heterocycles. The summed E-state index contributed by atoms with van der Waals surface area (Å²) in [4.78, 5) is 4.76. The number of nitrogens with zero attached hydrogens (tertiary/aromatic N) is 2. The molecular formula is C26H54N2O5S2. The first-order valence-corrected chi connectivity index (χ1v) is 17.2. The lowest BCUT2D eigenvalue weighted by Gasteiger charge is -2.43. The number of sulfone groups is 1. The Morgan fingerprint density at radius 1 is 0.657 bits per heavy atom. The highest BCUT2D eigenvalue weighted by molar-refractivity contribution is 7.90. The van der Waals surface area contributed by atoms with Gasteiger partial charge in [-0.25, -0.2) is 8.42 Å². The minimum atomic E-state index is -3.86. The van der Waals surface area contributed by atoms with Crippen molar-refractivity contribution >= 4 is 20.0 Å². The lowest BCUT2D eigenvalue weighted by Crippen LogP contribution is -2.50. The maximum absolute atomic E-state index is 11.2. The van der Waals surface area contributed by atoms with Gasteiger partial charge in [0, 0.05) is 36.0 Å². The second kappa shape index (κ2) is 14.1. The summed E-state index contributed by atoms with van der Waals surface area (Å²) in [6.07, 6.45) is 14.7. The lowest BCUT2D eigenvalue weighted by molar-refractivity contribution is 0.0607. The molecule has 0 radical (unpaired) electrons. The van der Waals surface area contributed by atoms with E-state index in [1.54, 1.807) is 0 Å². The highest BCUT2D eigenvalue weighted by atomic mass is 32.2. The largest absolute Gasteiger partial charge is 0.296 e. The molecule has 0 atom stereocenters. The fraction of sp³-hybridized carbons (Fsp3) is 1.00. The van der Waals surface area contributed by atoms with Crippen LogP contribution in [0.3, 0.4) is 0 Å². The monoisotopic (exact) mass is 538 g/mol. The standard InChI is InChI=1S/C14H29NO2S.C12H25NO3S/c1-14(2,3)15(11-8-12-18(4,16)17)13-9-6-5-7-10-13;1-12(2,3)13(9-10-17(14,15)16)11-7-5-4-6-8-11/h13H,5-12H2,1-4H3;11H,4-10H2,1-3H3,(H,14,15,16). The summed E-state index contributed by atoms with van der Waals surface area (Å²) in [6.45, 7) is 14.4. The van der Waals surface area contributed by atoms with Crippen molar-refractivity contribution in [2.45, 2.75) is 135 Å². The van der Waals surface area contributed by atoms with Crippen molar-refractivity contribution in [1.82, 2.24) is 9.80 Å². The molecule has 0 saturated heterocycles. The summed E-state index contributed by atoms with van der Waals surface area (Å²) in [5.74, 6) is 0.146. The molecule has 210 valence electrons. The lowest BCUT2D eigenvalue weighted by atomic mass is 9.90. The highest BCUT2D eigenvalue weighted by Crippen LogP contribution is 2.29. The Balaban J connectivity index is 0.000000351. The van der Waals surface area contributed by atoms with E-state index in [-0.39, 0.29) is 16.8 Å². The molecule has 7 nitrogen and oxygen atoms in total. The average Bonchev–Trinajstić information content (AvgIpc) is 2.70. The molecule has 0 aromatic carbocycles. The van der Waals surface area contributed by atoms with Gasteiger partial charge in [-0.3, -0.25) is 14.4 Å². The van der Waals surface area contributed by atoms with Gasteiger partial charge in [0.05, 0.1) is 11.5 Å².